The number of pyridine rings is 1. The van der Waals surface area contributed by atoms with Crippen molar-refractivity contribution in [3.8, 4) is 0 Å². The molecule has 1 aromatic heterocycles. The average Bonchev–Trinajstić information content (AvgIpc) is 2.15. The Hall–Kier alpha value is -0.270. The van der Waals surface area contributed by atoms with Gasteiger partial charge in [-0.15, -0.1) is 25.3 Å². The van der Waals surface area contributed by atoms with Gasteiger partial charge in [0, 0.05) is 6.20 Å². The molecule has 0 saturated heterocycles. The molecule has 1 rings (SSSR count). The summed E-state index contributed by atoms with van der Waals surface area (Å²) in [4.78, 5) is 3.82. The van der Waals surface area contributed by atoms with E-state index in [2.05, 4.69) is 30.2 Å². The van der Waals surface area contributed by atoms with E-state index in [1.54, 1.807) is 12.1 Å². The molecule has 78 valence electrons. The zero-order valence-corrected chi connectivity index (χ0v) is 8.94. The predicted molar refractivity (Wildman–Crippen MR) is 58.1 cm³/mol. The lowest BCUT2D eigenvalue weighted by atomic mass is 10.1. The summed E-state index contributed by atoms with van der Waals surface area (Å²) in [6, 6.07) is 4.87. The molecule has 2 atom stereocenters. The third kappa shape index (κ3) is 2.86. The molecule has 6 heteroatoms. The molecule has 2 unspecified atom stereocenters. The minimum Gasteiger partial charge on any atom is -0.385 e. The Morgan fingerprint density at radius 2 is 1.93 bits per heavy atom. The minimum absolute atomic E-state index is 0.251. The van der Waals surface area contributed by atoms with Gasteiger partial charge in [-0.2, -0.15) is 0 Å². The second kappa shape index (κ2) is 4.50. The van der Waals surface area contributed by atoms with Gasteiger partial charge in [0.1, 0.15) is 12.2 Å². The number of thiol groups is 2. The van der Waals surface area contributed by atoms with E-state index in [0.29, 0.717) is 0 Å². The average molecular weight is 233 g/mol. The number of aliphatic hydroxyl groups is 3. The van der Waals surface area contributed by atoms with Crippen LogP contribution in [-0.2, 0) is 0 Å². The summed E-state index contributed by atoms with van der Waals surface area (Å²) in [7, 11) is 0. The number of hydrogen-bond donors (Lipinski definition) is 5. The Morgan fingerprint density at radius 1 is 1.29 bits per heavy atom. The normalized spacial score (nSPS) is 16.4. The molecule has 0 fully saturated rings. The molecule has 14 heavy (non-hydrogen) atoms. The highest BCUT2D eigenvalue weighted by Gasteiger charge is 2.34. The van der Waals surface area contributed by atoms with E-state index >= 15 is 0 Å². The molecule has 3 N–H and O–H groups in total. The second-order valence-electron chi connectivity index (χ2n) is 2.83. The van der Waals surface area contributed by atoms with E-state index in [-0.39, 0.29) is 5.69 Å². The van der Waals surface area contributed by atoms with Crippen molar-refractivity contribution in [3.63, 3.8) is 0 Å². The maximum absolute atomic E-state index is 9.55. The summed E-state index contributed by atoms with van der Waals surface area (Å²) in [5, 5.41) is 28.2. The van der Waals surface area contributed by atoms with Crippen molar-refractivity contribution < 1.29 is 15.3 Å². The smallest absolute Gasteiger partial charge is 0.181 e. The van der Waals surface area contributed by atoms with E-state index in [1.165, 1.54) is 12.3 Å². The Balaban J connectivity index is 2.81. The first kappa shape index (κ1) is 11.8. The molecule has 0 aromatic carbocycles. The molecule has 0 aliphatic heterocycles. The van der Waals surface area contributed by atoms with Gasteiger partial charge in [-0.25, -0.2) is 0 Å². The highest BCUT2D eigenvalue weighted by molar-refractivity contribution is 8.00. The monoisotopic (exact) mass is 233 g/mol. The summed E-state index contributed by atoms with van der Waals surface area (Å²) in [5.74, 6) is 0. The second-order valence-corrected chi connectivity index (χ2v) is 4.55. The van der Waals surface area contributed by atoms with Crippen molar-refractivity contribution in [1.29, 1.82) is 0 Å². The molecular weight excluding hydrogens is 222 g/mol. The molecular formula is C8H11NO3S2. The summed E-state index contributed by atoms with van der Waals surface area (Å²) in [5.41, 5.74) is 0.251. The molecule has 1 aromatic rings. The largest absolute Gasteiger partial charge is 0.385 e. The van der Waals surface area contributed by atoms with Gasteiger partial charge in [0.2, 0.25) is 0 Å². The topological polar surface area (TPSA) is 73.6 Å². The third-order valence-corrected chi connectivity index (χ3v) is 2.22. The SMILES string of the molecule is OC(c1ccccn1)C(O)C(O)(S)S. The van der Waals surface area contributed by atoms with E-state index in [1.807, 2.05) is 0 Å². The fourth-order valence-electron chi connectivity index (χ4n) is 0.924. The number of aromatic nitrogens is 1. The first-order chi connectivity index (χ1) is 6.43. The van der Waals surface area contributed by atoms with Crippen molar-refractivity contribution in [2.24, 2.45) is 0 Å². The quantitative estimate of drug-likeness (QED) is 0.376. The molecule has 0 aliphatic rings. The zero-order chi connectivity index (χ0) is 10.8. The number of hydrogen-bond acceptors (Lipinski definition) is 6. The number of aliphatic hydroxyl groups excluding tert-OH is 2. The summed E-state index contributed by atoms with van der Waals surface area (Å²) in [6.45, 7) is 0. The first-order valence-electron chi connectivity index (χ1n) is 3.87. The fraction of sp³-hybridized carbons (Fsp3) is 0.375. The van der Waals surface area contributed by atoms with Crippen molar-refractivity contribution in [2.45, 2.75) is 16.5 Å². The minimum atomic E-state index is -1.96. The van der Waals surface area contributed by atoms with Gasteiger partial charge in [-0.1, -0.05) is 6.07 Å². The van der Waals surface area contributed by atoms with Crippen LogP contribution in [0.2, 0.25) is 0 Å². The Labute approximate surface area is 92.4 Å². The van der Waals surface area contributed by atoms with Crippen LogP contribution in [0.4, 0.5) is 0 Å². The van der Waals surface area contributed by atoms with E-state index in [4.69, 9.17) is 0 Å². The van der Waals surface area contributed by atoms with Crippen LogP contribution < -0.4 is 0 Å². The maximum atomic E-state index is 9.55. The lowest BCUT2D eigenvalue weighted by molar-refractivity contribution is -0.0411. The van der Waals surface area contributed by atoms with Gasteiger partial charge < -0.3 is 15.3 Å². The lowest BCUT2D eigenvalue weighted by Gasteiger charge is -2.26. The van der Waals surface area contributed by atoms with Crippen molar-refractivity contribution in [3.05, 3.63) is 30.1 Å². The Morgan fingerprint density at radius 3 is 2.36 bits per heavy atom. The van der Waals surface area contributed by atoms with Crippen LogP contribution in [0, 0.1) is 0 Å². The zero-order valence-electron chi connectivity index (χ0n) is 7.15. The molecule has 0 bridgehead atoms. The number of nitrogens with zero attached hydrogens (tertiary/aromatic N) is 1. The van der Waals surface area contributed by atoms with Crippen molar-refractivity contribution in [1.82, 2.24) is 4.98 Å². The standard InChI is InChI=1S/C8H11NO3S2/c10-6(7(11)8(12,13)14)5-3-1-2-4-9-5/h1-4,6-7,10-14H. The van der Waals surface area contributed by atoms with Gasteiger partial charge in [0.15, 0.2) is 4.27 Å². The fourth-order valence-corrected chi connectivity index (χ4v) is 1.21. The van der Waals surface area contributed by atoms with Crippen LogP contribution in [0.15, 0.2) is 24.4 Å². The van der Waals surface area contributed by atoms with Gasteiger partial charge in [0.25, 0.3) is 0 Å². The molecule has 1 heterocycles. The molecule has 0 aliphatic carbocycles. The van der Waals surface area contributed by atoms with E-state index in [0.717, 1.165) is 0 Å². The summed E-state index contributed by atoms with van der Waals surface area (Å²) in [6.07, 6.45) is -1.37. The van der Waals surface area contributed by atoms with Crippen LogP contribution in [0.1, 0.15) is 11.8 Å². The van der Waals surface area contributed by atoms with Crippen LogP contribution in [0.3, 0.4) is 0 Å². The lowest BCUT2D eigenvalue weighted by Crippen LogP contribution is -2.36. The molecule has 0 spiro atoms. The van der Waals surface area contributed by atoms with Crippen LogP contribution in [0.5, 0.6) is 0 Å². The van der Waals surface area contributed by atoms with Gasteiger partial charge in [0.05, 0.1) is 5.69 Å². The molecule has 0 radical (unpaired) electrons. The van der Waals surface area contributed by atoms with E-state index < -0.39 is 16.5 Å². The molecule has 0 saturated carbocycles. The first-order valence-corrected chi connectivity index (χ1v) is 4.76. The van der Waals surface area contributed by atoms with Crippen molar-refractivity contribution >= 4 is 25.3 Å². The van der Waals surface area contributed by atoms with Gasteiger partial charge in [-0.05, 0) is 12.1 Å². The maximum Gasteiger partial charge on any atom is 0.181 e. The van der Waals surface area contributed by atoms with Crippen molar-refractivity contribution in [2.75, 3.05) is 0 Å². The van der Waals surface area contributed by atoms with Crippen LogP contribution in [0.25, 0.3) is 0 Å². The highest BCUT2D eigenvalue weighted by Crippen LogP contribution is 2.28. The van der Waals surface area contributed by atoms with Gasteiger partial charge >= 0.3 is 0 Å². The predicted octanol–water partition coefficient (Wildman–Crippen LogP) is -0.0184. The van der Waals surface area contributed by atoms with Crippen LogP contribution in [-0.4, -0.2) is 30.7 Å². The van der Waals surface area contributed by atoms with E-state index in [9.17, 15) is 15.3 Å². The Bertz CT molecular complexity index is 288. The Kier molecular flexibility index (Phi) is 3.79. The summed E-state index contributed by atoms with van der Waals surface area (Å²) >= 11 is 7.24. The molecule has 4 nitrogen and oxygen atoms in total. The molecule has 0 amide bonds. The summed E-state index contributed by atoms with van der Waals surface area (Å²) < 4.78 is -1.96. The number of rotatable bonds is 3. The third-order valence-electron chi connectivity index (χ3n) is 1.69. The highest BCUT2D eigenvalue weighted by atomic mass is 32.2. The van der Waals surface area contributed by atoms with Crippen LogP contribution >= 0.6 is 25.3 Å². The van der Waals surface area contributed by atoms with Gasteiger partial charge in [-0.3, -0.25) is 4.98 Å².